The Bertz CT molecular complexity index is 968. The van der Waals surface area contributed by atoms with Crippen LogP contribution in [0.25, 0.3) is 5.70 Å². The summed E-state index contributed by atoms with van der Waals surface area (Å²) in [7, 11) is 3.36. The number of nitrogens with two attached hydrogens (primary N) is 1. The molecule has 0 amide bonds. The molecule has 0 spiro atoms. The van der Waals surface area contributed by atoms with Gasteiger partial charge in [-0.05, 0) is 55.6 Å². The average Bonchev–Trinajstić information content (AvgIpc) is 2.72. The minimum Gasteiger partial charge on any atom is -0.488 e. The van der Waals surface area contributed by atoms with Gasteiger partial charge in [-0.25, -0.2) is 9.79 Å². The van der Waals surface area contributed by atoms with E-state index in [0.717, 1.165) is 0 Å². The Morgan fingerprint density at radius 3 is 2.48 bits per heavy atom. The van der Waals surface area contributed by atoms with Crippen LogP contribution in [0.15, 0.2) is 66.3 Å². The zero-order valence-electron chi connectivity index (χ0n) is 17.8. The number of methoxy groups -OCH3 is 1. The first-order valence-electron chi connectivity index (χ1n) is 9.51. The van der Waals surface area contributed by atoms with Crippen molar-refractivity contribution in [3.05, 3.63) is 72.4 Å². The molecule has 2 aromatic rings. The maximum atomic E-state index is 11.0. The molecule has 2 aromatic carbocycles. The first-order valence-corrected chi connectivity index (χ1v) is 9.51. The van der Waals surface area contributed by atoms with E-state index in [-0.39, 0.29) is 17.5 Å². The molecule has 8 nitrogen and oxygen atoms in total. The molecule has 0 bridgehead atoms. The van der Waals surface area contributed by atoms with Gasteiger partial charge in [-0.15, -0.1) is 0 Å². The Morgan fingerprint density at radius 2 is 1.87 bits per heavy atom. The Kier molecular flexibility index (Phi) is 8.65. The van der Waals surface area contributed by atoms with Crippen molar-refractivity contribution in [2.24, 2.45) is 10.7 Å². The summed E-state index contributed by atoms with van der Waals surface area (Å²) in [4.78, 5) is 15.3. The summed E-state index contributed by atoms with van der Waals surface area (Å²) in [5.74, 6) is 0.769. The Balaban J connectivity index is 2.34. The van der Waals surface area contributed by atoms with Gasteiger partial charge in [0.2, 0.25) is 0 Å². The standard InChI is InChI=1S/C23H27N3O5/c1-15(14-29-4)30-20-11-18(16(2)26-22(24)9-10-25-3)12-21(13-20)31-19-7-5-17(6-8-19)23(27)28/h5-13,15,25H,2,14H2,1,3-4H3,(H2,24,26)(H,27,28)/b10-9-. The third-order valence-corrected chi connectivity index (χ3v) is 3.97. The molecule has 164 valence electrons. The van der Waals surface area contributed by atoms with E-state index in [1.807, 2.05) is 6.92 Å². The van der Waals surface area contributed by atoms with Gasteiger partial charge in [0, 0.05) is 25.8 Å². The number of benzene rings is 2. The van der Waals surface area contributed by atoms with Gasteiger partial charge in [-0.2, -0.15) is 0 Å². The fraction of sp³-hybridized carbons (Fsp3) is 0.217. The van der Waals surface area contributed by atoms with Crippen molar-refractivity contribution in [3.63, 3.8) is 0 Å². The van der Waals surface area contributed by atoms with Crippen LogP contribution in [0.2, 0.25) is 0 Å². The summed E-state index contributed by atoms with van der Waals surface area (Å²) < 4.78 is 17.0. The number of carbonyl (C=O) groups is 1. The number of hydrogen-bond donors (Lipinski definition) is 3. The molecular weight excluding hydrogens is 398 g/mol. The van der Waals surface area contributed by atoms with Gasteiger partial charge in [-0.1, -0.05) is 6.58 Å². The van der Waals surface area contributed by atoms with E-state index in [2.05, 4.69) is 16.9 Å². The van der Waals surface area contributed by atoms with E-state index in [1.165, 1.54) is 12.1 Å². The largest absolute Gasteiger partial charge is 0.488 e. The second kappa shape index (κ2) is 11.4. The second-order valence-electron chi connectivity index (χ2n) is 6.61. The highest BCUT2D eigenvalue weighted by atomic mass is 16.5. The van der Waals surface area contributed by atoms with Crippen molar-refractivity contribution in [2.45, 2.75) is 13.0 Å². The molecule has 8 heteroatoms. The van der Waals surface area contributed by atoms with Crippen LogP contribution in [0.4, 0.5) is 0 Å². The number of amidine groups is 1. The summed E-state index contributed by atoms with van der Waals surface area (Å²) in [6, 6.07) is 11.4. The van der Waals surface area contributed by atoms with Crippen LogP contribution in [-0.4, -0.2) is 43.8 Å². The molecule has 0 aliphatic heterocycles. The fourth-order valence-corrected chi connectivity index (χ4v) is 2.59. The van der Waals surface area contributed by atoms with Crippen LogP contribution < -0.4 is 20.5 Å². The van der Waals surface area contributed by atoms with Gasteiger partial charge in [-0.3, -0.25) is 0 Å². The van der Waals surface area contributed by atoms with Gasteiger partial charge >= 0.3 is 5.97 Å². The molecule has 0 saturated heterocycles. The lowest BCUT2D eigenvalue weighted by molar-refractivity contribution is 0.0697. The minimum atomic E-state index is -1.00. The summed E-state index contributed by atoms with van der Waals surface area (Å²) in [5.41, 5.74) is 7.14. The fourth-order valence-electron chi connectivity index (χ4n) is 2.59. The van der Waals surface area contributed by atoms with Gasteiger partial charge in [0.1, 0.15) is 29.2 Å². The number of nitrogens with zero attached hydrogens (tertiary/aromatic N) is 1. The van der Waals surface area contributed by atoms with Crippen LogP contribution in [-0.2, 0) is 4.74 Å². The first-order chi connectivity index (χ1) is 14.8. The van der Waals surface area contributed by atoms with Gasteiger partial charge in [0.15, 0.2) is 0 Å². The van der Waals surface area contributed by atoms with E-state index < -0.39 is 5.97 Å². The normalized spacial score (nSPS) is 12.4. The average molecular weight is 425 g/mol. The van der Waals surface area contributed by atoms with E-state index in [1.54, 1.807) is 56.8 Å². The van der Waals surface area contributed by atoms with Crippen molar-refractivity contribution in [3.8, 4) is 17.2 Å². The van der Waals surface area contributed by atoms with Gasteiger partial charge < -0.3 is 30.4 Å². The zero-order chi connectivity index (χ0) is 22.8. The summed E-state index contributed by atoms with van der Waals surface area (Å²) in [5, 5.41) is 11.9. The van der Waals surface area contributed by atoms with E-state index >= 15 is 0 Å². The van der Waals surface area contributed by atoms with Gasteiger partial charge in [0.05, 0.1) is 17.9 Å². The molecule has 31 heavy (non-hydrogen) atoms. The smallest absolute Gasteiger partial charge is 0.335 e. The number of carboxylic acid groups (broad SMARTS) is 1. The van der Waals surface area contributed by atoms with Crippen LogP contribution in [0.3, 0.4) is 0 Å². The second-order valence-corrected chi connectivity index (χ2v) is 6.61. The summed E-state index contributed by atoms with van der Waals surface area (Å²) >= 11 is 0. The van der Waals surface area contributed by atoms with Crippen molar-refractivity contribution >= 4 is 17.5 Å². The number of aromatic carboxylic acids is 1. The van der Waals surface area contributed by atoms with Crippen molar-refractivity contribution in [2.75, 3.05) is 20.8 Å². The zero-order valence-corrected chi connectivity index (χ0v) is 17.8. The quantitative estimate of drug-likeness (QED) is 0.372. The van der Waals surface area contributed by atoms with Crippen molar-refractivity contribution < 1.29 is 24.1 Å². The Morgan fingerprint density at radius 1 is 1.19 bits per heavy atom. The SMILES string of the molecule is C=C(N=C(N)/C=C\NC)c1cc(Oc2ccc(C(=O)O)cc2)cc(OC(C)COC)c1. The van der Waals surface area contributed by atoms with Crippen LogP contribution in [0, 0.1) is 0 Å². The molecule has 0 fully saturated rings. The number of carboxylic acids is 1. The third kappa shape index (κ3) is 7.52. The molecular formula is C23H27N3O5. The monoisotopic (exact) mass is 425 g/mol. The van der Waals surface area contributed by atoms with Gasteiger partial charge in [0.25, 0.3) is 0 Å². The topological polar surface area (TPSA) is 115 Å². The molecule has 0 aromatic heterocycles. The van der Waals surface area contributed by atoms with Crippen LogP contribution in [0.5, 0.6) is 17.2 Å². The molecule has 0 radical (unpaired) electrons. The lowest BCUT2D eigenvalue weighted by atomic mass is 10.1. The number of rotatable bonds is 11. The minimum absolute atomic E-state index is 0.173. The first kappa shape index (κ1) is 23.5. The van der Waals surface area contributed by atoms with E-state index in [0.29, 0.717) is 35.1 Å². The van der Waals surface area contributed by atoms with Crippen molar-refractivity contribution in [1.82, 2.24) is 5.32 Å². The molecule has 0 heterocycles. The van der Waals surface area contributed by atoms with E-state index in [4.69, 9.17) is 25.1 Å². The summed E-state index contributed by atoms with van der Waals surface area (Å²) in [6.07, 6.45) is 3.09. The van der Waals surface area contributed by atoms with Crippen molar-refractivity contribution in [1.29, 1.82) is 0 Å². The number of nitrogens with one attached hydrogen (secondary N) is 1. The molecule has 0 saturated carbocycles. The summed E-state index contributed by atoms with van der Waals surface area (Å²) in [6.45, 7) is 6.28. The molecule has 4 N–H and O–H groups in total. The lowest BCUT2D eigenvalue weighted by Gasteiger charge is -2.16. The number of hydrogen-bond acceptors (Lipinski definition) is 6. The Hall–Kier alpha value is -3.78. The lowest BCUT2D eigenvalue weighted by Crippen LogP contribution is -2.18. The molecule has 1 unspecified atom stereocenters. The predicted molar refractivity (Wildman–Crippen MR) is 121 cm³/mol. The molecule has 2 rings (SSSR count). The highest BCUT2D eigenvalue weighted by molar-refractivity contribution is 5.95. The molecule has 0 aliphatic carbocycles. The highest BCUT2D eigenvalue weighted by Crippen LogP contribution is 2.31. The van der Waals surface area contributed by atoms with Crippen LogP contribution >= 0.6 is 0 Å². The highest BCUT2D eigenvalue weighted by Gasteiger charge is 2.11. The Labute approximate surface area is 181 Å². The maximum absolute atomic E-state index is 11.0. The predicted octanol–water partition coefficient (Wildman–Crippen LogP) is 3.65. The third-order valence-electron chi connectivity index (χ3n) is 3.97. The maximum Gasteiger partial charge on any atom is 0.335 e. The molecule has 0 aliphatic rings. The number of ether oxygens (including phenoxy) is 3. The van der Waals surface area contributed by atoms with Crippen LogP contribution in [0.1, 0.15) is 22.8 Å². The number of aliphatic imine (C=N–C) groups is 1. The molecule has 1 atom stereocenters. The van der Waals surface area contributed by atoms with E-state index in [9.17, 15) is 4.79 Å².